The van der Waals surface area contributed by atoms with Gasteiger partial charge in [-0.05, 0) is 44.7 Å². The minimum absolute atomic E-state index is 0.112. The molecule has 0 bridgehead atoms. The standard InChI is InChI=1S/C18H27N3O2/c1-3-21(2)16-9-5-4-7-15(16)20-18(22)19-14-8-6-10-17-13(14)11-12-23-17/h4-5,7,9,13-14,17H,3,6,8,10-12H2,1-2H3,(H2,19,20,22)/t13-,14-,17-/m1/s1. The highest BCUT2D eigenvalue weighted by Gasteiger charge is 2.38. The Bertz CT molecular complexity index is 549. The number of nitrogens with one attached hydrogen (secondary N) is 2. The van der Waals surface area contributed by atoms with E-state index in [1.54, 1.807) is 0 Å². The summed E-state index contributed by atoms with van der Waals surface area (Å²) in [5.74, 6) is 0.475. The van der Waals surface area contributed by atoms with Crippen LogP contribution in [0.1, 0.15) is 32.6 Å². The number of anilines is 2. The Balaban J connectivity index is 1.63. The molecule has 1 saturated carbocycles. The molecule has 1 aliphatic heterocycles. The predicted molar refractivity (Wildman–Crippen MR) is 93.0 cm³/mol. The second-order valence-corrected chi connectivity index (χ2v) is 6.53. The molecule has 1 aliphatic carbocycles. The van der Waals surface area contributed by atoms with E-state index in [-0.39, 0.29) is 12.1 Å². The summed E-state index contributed by atoms with van der Waals surface area (Å²) in [5.41, 5.74) is 1.89. The number of urea groups is 1. The summed E-state index contributed by atoms with van der Waals surface area (Å²) in [6.07, 6.45) is 4.71. The smallest absolute Gasteiger partial charge is 0.319 e. The lowest BCUT2D eigenvalue weighted by Crippen LogP contribution is -2.47. The summed E-state index contributed by atoms with van der Waals surface area (Å²) in [4.78, 5) is 14.6. The normalized spacial score (nSPS) is 26.4. The highest BCUT2D eigenvalue weighted by molar-refractivity contribution is 5.93. The Morgan fingerprint density at radius 2 is 2.13 bits per heavy atom. The third-order valence-electron chi connectivity index (χ3n) is 5.14. The fourth-order valence-electron chi connectivity index (χ4n) is 3.76. The number of carbonyl (C=O) groups is 1. The van der Waals surface area contributed by atoms with Crippen LogP contribution in [0.3, 0.4) is 0 Å². The van der Waals surface area contributed by atoms with Gasteiger partial charge in [-0.3, -0.25) is 0 Å². The van der Waals surface area contributed by atoms with Crippen molar-refractivity contribution < 1.29 is 9.53 Å². The number of fused-ring (bicyclic) bond motifs is 1. The molecule has 0 aromatic heterocycles. The van der Waals surface area contributed by atoms with Gasteiger partial charge in [-0.25, -0.2) is 4.79 Å². The van der Waals surface area contributed by atoms with E-state index in [2.05, 4.69) is 22.5 Å². The lowest BCUT2D eigenvalue weighted by molar-refractivity contribution is 0.0553. The van der Waals surface area contributed by atoms with E-state index in [0.29, 0.717) is 12.0 Å². The molecule has 5 nitrogen and oxygen atoms in total. The van der Waals surface area contributed by atoms with Crippen LogP contribution in [0.2, 0.25) is 0 Å². The average molecular weight is 317 g/mol. The van der Waals surface area contributed by atoms with E-state index in [1.807, 2.05) is 31.3 Å². The molecular weight excluding hydrogens is 290 g/mol. The van der Waals surface area contributed by atoms with Gasteiger partial charge in [0.05, 0.1) is 17.5 Å². The van der Waals surface area contributed by atoms with Crippen molar-refractivity contribution in [3.63, 3.8) is 0 Å². The molecule has 2 fully saturated rings. The van der Waals surface area contributed by atoms with Crippen molar-refractivity contribution in [3.05, 3.63) is 24.3 Å². The van der Waals surface area contributed by atoms with Crippen molar-refractivity contribution in [2.45, 2.75) is 44.8 Å². The molecule has 2 N–H and O–H groups in total. The van der Waals surface area contributed by atoms with Gasteiger partial charge in [0.25, 0.3) is 0 Å². The maximum atomic E-state index is 12.5. The SMILES string of the molecule is CCN(C)c1ccccc1NC(=O)N[C@@H]1CCC[C@H]2OCC[C@H]12. The molecule has 2 aliphatic rings. The zero-order chi connectivity index (χ0) is 16.2. The van der Waals surface area contributed by atoms with Crippen LogP contribution in [0.25, 0.3) is 0 Å². The van der Waals surface area contributed by atoms with Crippen LogP contribution >= 0.6 is 0 Å². The van der Waals surface area contributed by atoms with E-state index >= 15 is 0 Å². The molecule has 1 saturated heterocycles. The van der Waals surface area contributed by atoms with Crippen LogP contribution in [-0.4, -0.2) is 38.4 Å². The van der Waals surface area contributed by atoms with Gasteiger partial charge in [0.1, 0.15) is 0 Å². The average Bonchev–Trinajstić information content (AvgIpc) is 3.04. The summed E-state index contributed by atoms with van der Waals surface area (Å²) in [7, 11) is 2.03. The first kappa shape index (κ1) is 16.1. The fraction of sp³-hybridized carbons (Fsp3) is 0.611. The van der Waals surface area contributed by atoms with Crippen LogP contribution < -0.4 is 15.5 Å². The van der Waals surface area contributed by atoms with Gasteiger partial charge >= 0.3 is 6.03 Å². The largest absolute Gasteiger partial charge is 0.378 e. The summed E-state index contributed by atoms with van der Waals surface area (Å²) in [5, 5.41) is 6.19. The summed E-state index contributed by atoms with van der Waals surface area (Å²) in [6.45, 7) is 3.82. The molecule has 3 atom stereocenters. The minimum Gasteiger partial charge on any atom is -0.378 e. The first-order chi connectivity index (χ1) is 11.2. The first-order valence-corrected chi connectivity index (χ1v) is 8.68. The van der Waals surface area contributed by atoms with E-state index < -0.39 is 0 Å². The summed E-state index contributed by atoms with van der Waals surface area (Å²) < 4.78 is 5.77. The number of hydrogen-bond acceptors (Lipinski definition) is 3. The lowest BCUT2D eigenvalue weighted by atomic mass is 9.82. The quantitative estimate of drug-likeness (QED) is 0.896. The van der Waals surface area contributed by atoms with Gasteiger partial charge in [-0.2, -0.15) is 0 Å². The second kappa shape index (κ2) is 7.21. The molecule has 3 rings (SSSR count). The van der Waals surface area contributed by atoms with Crippen LogP contribution in [0.4, 0.5) is 16.2 Å². The van der Waals surface area contributed by atoms with Crippen molar-refractivity contribution in [2.75, 3.05) is 30.4 Å². The van der Waals surface area contributed by atoms with E-state index in [1.165, 1.54) is 0 Å². The molecule has 23 heavy (non-hydrogen) atoms. The fourth-order valence-corrected chi connectivity index (χ4v) is 3.76. The number of rotatable bonds is 4. The summed E-state index contributed by atoms with van der Waals surface area (Å²) in [6, 6.07) is 8.03. The topological polar surface area (TPSA) is 53.6 Å². The van der Waals surface area contributed by atoms with Crippen molar-refractivity contribution in [3.8, 4) is 0 Å². The van der Waals surface area contributed by atoms with Gasteiger partial charge in [0.2, 0.25) is 0 Å². The van der Waals surface area contributed by atoms with Crippen molar-refractivity contribution in [1.29, 1.82) is 0 Å². The Morgan fingerprint density at radius 3 is 2.96 bits per heavy atom. The molecule has 1 aromatic rings. The van der Waals surface area contributed by atoms with Gasteiger partial charge in [0.15, 0.2) is 0 Å². The highest BCUT2D eigenvalue weighted by Crippen LogP contribution is 2.34. The molecule has 1 aromatic carbocycles. The zero-order valence-corrected chi connectivity index (χ0v) is 14.0. The number of carbonyl (C=O) groups excluding carboxylic acids is 1. The Morgan fingerprint density at radius 1 is 1.30 bits per heavy atom. The number of nitrogens with zero attached hydrogens (tertiary/aromatic N) is 1. The van der Waals surface area contributed by atoms with Gasteiger partial charge < -0.3 is 20.3 Å². The Hall–Kier alpha value is -1.75. The molecule has 0 spiro atoms. The minimum atomic E-state index is -0.112. The molecule has 5 heteroatoms. The van der Waals surface area contributed by atoms with Crippen LogP contribution in [0, 0.1) is 5.92 Å². The van der Waals surface area contributed by atoms with Crippen molar-refractivity contribution in [1.82, 2.24) is 5.32 Å². The Labute approximate surface area is 138 Å². The number of hydrogen-bond donors (Lipinski definition) is 2. The third-order valence-corrected chi connectivity index (χ3v) is 5.14. The molecule has 126 valence electrons. The highest BCUT2D eigenvalue weighted by atomic mass is 16.5. The van der Waals surface area contributed by atoms with Crippen LogP contribution in [-0.2, 0) is 4.74 Å². The molecule has 0 unspecified atom stereocenters. The van der Waals surface area contributed by atoms with Crippen molar-refractivity contribution >= 4 is 17.4 Å². The van der Waals surface area contributed by atoms with Gasteiger partial charge in [-0.1, -0.05) is 12.1 Å². The molecule has 2 amide bonds. The van der Waals surface area contributed by atoms with E-state index in [0.717, 1.165) is 50.2 Å². The summed E-state index contributed by atoms with van der Waals surface area (Å²) >= 11 is 0. The molecular formula is C18H27N3O2. The third kappa shape index (κ3) is 3.61. The van der Waals surface area contributed by atoms with Crippen LogP contribution in [0.15, 0.2) is 24.3 Å². The molecule has 0 radical (unpaired) electrons. The van der Waals surface area contributed by atoms with Crippen molar-refractivity contribution in [2.24, 2.45) is 5.92 Å². The van der Waals surface area contributed by atoms with Gasteiger partial charge in [-0.15, -0.1) is 0 Å². The number of amides is 2. The number of ether oxygens (including phenoxy) is 1. The monoisotopic (exact) mass is 317 g/mol. The number of para-hydroxylation sites is 2. The van der Waals surface area contributed by atoms with E-state index in [4.69, 9.17) is 4.74 Å². The van der Waals surface area contributed by atoms with Gasteiger partial charge in [0, 0.05) is 32.2 Å². The maximum absolute atomic E-state index is 12.5. The maximum Gasteiger partial charge on any atom is 0.319 e. The predicted octanol–water partition coefficient (Wildman–Crippen LogP) is 3.22. The first-order valence-electron chi connectivity index (χ1n) is 8.68. The Kier molecular flexibility index (Phi) is 5.06. The zero-order valence-electron chi connectivity index (χ0n) is 14.0. The molecule has 1 heterocycles. The van der Waals surface area contributed by atoms with Crippen LogP contribution in [0.5, 0.6) is 0 Å². The lowest BCUT2D eigenvalue weighted by Gasteiger charge is -2.33. The van der Waals surface area contributed by atoms with E-state index in [9.17, 15) is 4.79 Å². The number of benzene rings is 1. The second-order valence-electron chi connectivity index (χ2n) is 6.53.